The molecule has 3 atom stereocenters. The number of hydrogen-bond donors (Lipinski definition) is 1. The molecule has 1 aromatic heterocycles. The standard InChI is InChI=1S/C23H27ClN2O5S/c1-14(2)8-9-29-11-15-10-23(19(27)30-15)13-22(3,31-20(23)28)18-12-32-21(26-18)25-17-7-5-4-6-16(17)24/h4-7,12,14-15H,8-11,13H2,1-3H3,(H,25,26)/t15-,22+,23+/m0/s1. The third kappa shape index (κ3) is 4.49. The van der Waals surface area contributed by atoms with Crippen molar-refractivity contribution < 1.29 is 23.8 Å². The first-order chi connectivity index (χ1) is 15.2. The van der Waals surface area contributed by atoms with E-state index < -0.39 is 29.1 Å². The second-order valence-electron chi connectivity index (χ2n) is 9.01. The molecule has 1 N–H and O–H groups in total. The minimum absolute atomic E-state index is 0.190. The van der Waals surface area contributed by atoms with Crippen LogP contribution in [0.3, 0.4) is 0 Å². The molecule has 2 aliphatic heterocycles. The SMILES string of the molecule is CC(C)CCOC[C@@H]1C[C@@]2(C[C@](C)(c3csc(Nc4ccccc4Cl)n3)OC2=O)C(=O)O1. The molecular formula is C23H27ClN2O5S. The molecule has 0 unspecified atom stereocenters. The lowest BCUT2D eigenvalue weighted by Gasteiger charge is -2.20. The summed E-state index contributed by atoms with van der Waals surface area (Å²) in [6.45, 7) is 6.91. The molecule has 2 aliphatic rings. The molecular weight excluding hydrogens is 452 g/mol. The van der Waals surface area contributed by atoms with Gasteiger partial charge in [0.05, 0.1) is 23.0 Å². The number of nitrogens with zero attached hydrogens (tertiary/aromatic N) is 1. The van der Waals surface area contributed by atoms with Crippen molar-refractivity contribution in [2.75, 3.05) is 18.5 Å². The number of carbonyl (C=O) groups excluding carboxylic acids is 2. The molecule has 2 fully saturated rings. The average molecular weight is 479 g/mol. The Hall–Kier alpha value is -2.16. The Morgan fingerprint density at radius 1 is 1.31 bits per heavy atom. The number of anilines is 2. The van der Waals surface area contributed by atoms with E-state index in [0.717, 1.165) is 12.1 Å². The number of rotatable bonds is 8. The monoisotopic (exact) mass is 478 g/mol. The topological polar surface area (TPSA) is 86.8 Å². The number of para-hydroxylation sites is 1. The summed E-state index contributed by atoms with van der Waals surface area (Å²) in [5.41, 5.74) is -0.993. The summed E-state index contributed by atoms with van der Waals surface area (Å²) in [5.74, 6) is -0.551. The molecule has 7 nitrogen and oxygen atoms in total. The van der Waals surface area contributed by atoms with Gasteiger partial charge >= 0.3 is 11.9 Å². The zero-order valence-electron chi connectivity index (χ0n) is 18.4. The third-order valence-corrected chi connectivity index (χ3v) is 6.98. The van der Waals surface area contributed by atoms with Gasteiger partial charge in [0, 0.05) is 24.8 Å². The van der Waals surface area contributed by atoms with Crippen molar-refractivity contribution in [1.29, 1.82) is 0 Å². The first-order valence-corrected chi connectivity index (χ1v) is 12.0. The minimum atomic E-state index is -1.30. The fourth-order valence-electron chi connectivity index (χ4n) is 4.10. The Kier molecular flexibility index (Phi) is 6.47. The second kappa shape index (κ2) is 9.00. The van der Waals surface area contributed by atoms with E-state index in [-0.39, 0.29) is 19.4 Å². The van der Waals surface area contributed by atoms with Gasteiger partial charge in [-0.1, -0.05) is 37.6 Å². The molecule has 0 aliphatic carbocycles. The van der Waals surface area contributed by atoms with Gasteiger partial charge in [-0.15, -0.1) is 11.3 Å². The number of aromatic nitrogens is 1. The Balaban J connectivity index is 1.44. The van der Waals surface area contributed by atoms with Crippen molar-refractivity contribution in [3.05, 3.63) is 40.4 Å². The molecule has 0 saturated carbocycles. The van der Waals surface area contributed by atoms with Gasteiger partial charge < -0.3 is 19.5 Å². The van der Waals surface area contributed by atoms with Crippen LogP contribution in [0, 0.1) is 11.3 Å². The molecule has 172 valence electrons. The molecule has 2 aromatic rings. The van der Waals surface area contributed by atoms with Crippen LogP contribution < -0.4 is 5.32 Å². The summed E-state index contributed by atoms with van der Waals surface area (Å²) in [4.78, 5) is 30.2. The molecule has 32 heavy (non-hydrogen) atoms. The molecule has 0 amide bonds. The normalized spacial score (nSPS) is 27.2. The summed E-state index contributed by atoms with van der Waals surface area (Å²) >= 11 is 7.59. The summed E-state index contributed by atoms with van der Waals surface area (Å²) in [7, 11) is 0. The smallest absolute Gasteiger partial charge is 0.324 e. The highest BCUT2D eigenvalue weighted by atomic mass is 35.5. The fraction of sp³-hybridized carbons (Fsp3) is 0.522. The van der Waals surface area contributed by atoms with Crippen LogP contribution in [0.5, 0.6) is 0 Å². The van der Waals surface area contributed by atoms with E-state index in [0.29, 0.717) is 28.4 Å². The van der Waals surface area contributed by atoms with Gasteiger partial charge in [0.25, 0.3) is 0 Å². The van der Waals surface area contributed by atoms with E-state index in [1.807, 2.05) is 23.6 Å². The third-order valence-electron chi connectivity index (χ3n) is 5.89. The van der Waals surface area contributed by atoms with Crippen molar-refractivity contribution in [2.45, 2.75) is 51.7 Å². The highest BCUT2D eigenvalue weighted by Gasteiger charge is 2.65. The maximum absolute atomic E-state index is 12.9. The number of halogens is 1. The maximum atomic E-state index is 12.9. The fourth-order valence-corrected chi connectivity index (χ4v) is 5.12. The summed E-state index contributed by atoms with van der Waals surface area (Å²) < 4.78 is 16.9. The Labute approximate surface area is 196 Å². The second-order valence-corrected chi connectivity index (χ2v) is 10.3. The molecule has 1 aromatic carbocycles. The number of hydrogen-bond acceptors (Lipinski definition) is 8. The number of benzene rings is 1. The lowest BCUT2D eigenvalue weighted by molar-refractivity contribution is -0.160. The van der Waals surface area contributed by atoms with Crippen LogP contribution in [0.2, 0.25) is 5.02 Å². The number of cyclic esters (lactones) is 2. The molecule has 0 bridgehead atoms. The predicted molar refractivity (Wildman–Crippen MR) is 122 cm³/mol. The van der Waals surface area contributed by atoms with Crippen molar-refractivity contribution in [1.82, 2.24) is 4.98 Å². The van der Waals surface area contributed by atoms with Gasteiger partial charge in [0.1, 0.15) is 6.10 Å². The lowest BCUT2D eigenvalue weighted by atomic mass is 9.78. The Morgan fingerprint density at radius 3 is 2.84 bits per heavy atom. The number of nitrogens with one attached hydrogen (secondary N) is 1. The van der Waals surface area contributed by atoms with Gasteiger partial charge in [-0.25, -0.2) is 4.98 Å². The zero-order valence-corrected chi connectivity index (χ0v) is 19.9. The number of thiazole rings is 1. The van der Waals surface area contributed by atoms with E-state index in [4.69, 9.17) is 25.8 Å². The van der Waals surface area contributed by atoms with Crippen LogP contribution >= 0.6 is 22.9 Å². The summed E-state index contributed by atoms with van der Waals surface area (Å²) in [5, 5.41) is 6.22. The minimum Gasteiger partial charge on any atom is -0.459 e. The van der Waals surface area contributed by atoms with Crippen LogP contribution in [-0.4, -0.2) is 36.2 Å². The summed E-state index contributed by atoms with van der Waals surface area (Å²) in [6.07, 6.45) is 0.935. The average Bonchev–Trinajstić information content (AvgIpc) is 3.39. The van der Waals surface area contributed by atoms with E-state index in [1.165, 1.54) is 11.3 Å². The van der Waals surface area contributed by atoms with E-state index in [1.54, 1.807) is 13.0 Å². The molecule has 3 heterocycles. The van der Waals surface area contributed by atoms with Crippen molar-refractivity contribution in [2.24, 2.45) is 11.3 Å². The first kappa shape index (κ1) is 23.0. The van der Waals surface area contributed by atoms with E-state index in [2.05, 4.69) is 24.1 Å². The van der Waals surface area contributed by atoms with Crippen LogP contribution in [0.4, 0.5) is 10.8 Å². The highest BCUT2D eigenvalue weighted by molar-refractivity contribution is 7.13. The molecule has 1 spiro atoms. The van der Waals surface area contributed by atoms with Crippen molar-refractivity contribution in [3.8, 4) is 0 Å². The highest BCUT2D eigenvalue weighted by Crippen LogP contribution is 2.52. The molecule has 4 rings (SSSR count). The lowest BCUT2D eigenvalue weighted by Crippen LogP contribution is -2.32. The maximum Gasteiger partial charge on any atom is 0.324 e. The Bertz CT molecular complexity index is 1010. The first-order valence-electron chi connectivity index (χ1n) is 10.7. The summed E-state index contributed by atoms with van der Waals surface area (Å²) in [6, 6.07) is 7.37. The Morgan fingerprint density at radius 2 is 2.09 bits per heavy atom. The number of esters is 2. The molecule has 0 radical (unpaired) electrons. The number of ether oxygens (including phenoxy) is 3. The predicted octanol–water partition coefficient (Wildman–Crippen LogP) is 5.07. The van der Waals surface area contributed by atoms with Gasteiger partial charge in [-0.2, -0.15) is 0 Å². The van der Waals surface area contributed by atoms with E-state index in [9.17, 15) is 9.59 Å². The van der Waals surface area contributed by atoms with Crippen molar-refractivity contribution in [3.63, 3.8) is 0 Å². The van der Waals surface area contributed by atoms with Gasteiger partial charge in [-0.3, -0.25) is 9.59 Å². The van der Waals surface area contributed by atoms with Crippen molar-refractivity contribution >= 4 is 45.7 Å². The van der Waals surface area contributed by atoms with E-state index >= 15 is 0 Å². The molecule has 2 saturated heterocycles. The van der Waals surface area contributed by atoms with Crippen LogP contribution in [0.1, 0.15) is 45.7 Å². The van der Waals surface area contributed by atoms with Gasteiger partial charge in [-0.05, 0) is 31.4 Å². The van der Waals surface area contributed by atoms with Crippen LogP contribution in [0.15, 0.2) is 29.6 Å². The number of carbonyl (C=O) groups is 2. The zero-order chi connectivity index (χ0) is 22.9. The van der Waals surface area contributed by atoms with Crippen LogP contribution in [-0.2, 0) is 29.4 Å². The van der Waals surface area contributed by atoms with Gasteiger partial charge in [0.2, 0.25) is 0 Å². The molecule has 9 heteroatoms. The van der Waals surface area contributed by atoms with Gasteiger partial charge in [0.15, 0.2) is 16.1 Å². The quantitative estimate of drug-likeness (QED) is 0.322. The largest absolute Gasteiger partial charge is 0.459 e. The van der Waals surface area contributed by atoms with Crippen LogP contribution in [0.25, 0.3) is 0 Å².